The largest absolute Gasteiger partial charge is 0.300 e. The second-order valence-electron chi connectivity index (χ2n) is 5.94. The number of hydrogen-bond donors (Lipinski definition) is 1. The van der Waals surface area contributed by atoms with Crippen molar-refractivity contribution >= 4 is 27.4 Å². The lowest BCUT2D eigenvalue weighted by Gasteiger charge is -2.17. The molecule has 1 amide bonds. The molecule has 0 saturated heterocycles. The monoisotopic (exact) mass is 344 g/mol. The number of sulfonamides is 1. The summed E-state index contributed by atoms with van der Waals surface area (Å²) in [6, 6.07) is 9.82. The third kappa shape index (κ3) is 2.83. The minimum absolute atomic E-state index is 0.0656. The van der Waals surface area contributed by atoms with Crippen LogP contribution in [0.3, 0.4) is 0 Å². The van der Waals surface area contributed by atoms with Crippen molar-refractivity contribution in [2.24, 2.45) is 5.14 Å². The molecule has 124 valence electrons. The third-order valence-corrected chi connectivity index (χ3v) is 4.80. The molecule has 0 aromatic heterocycles. The molecule has 0 bridgehead atoms. The summed E-state index contributed by atoms with van der Waals surface area (Å²) in [7, 11) is -3.93. The van der Waals surface area contributed by atoms with E-state index < -0.39 is 21.7 Å². The number of anilines is 1. The molecular formula is C17H16N2O4S. The topological polar surface area (TPSA) is 97.5 Å². The van der Waals surface area contributed by atoms with Gasteiger partial charge in [0.1, 0.15) is 0 Å². The Morgan fingerprint density at radius 3 is 2.21 bits per heavy atom. The van der Waals surface area contributed by atoms with Gasteiger partial charge in [-0.3, -0.25) is 9.59 Å². The summed E-state index contributed by atoms with van der Waals surface area (Å²) >= 11 is 0. The summed E-state index contributed by atoms with van der Waals surface area (Å²) < 4.78 is 22.9. The number of hydrogen-bond acceptors (Lipinski definition) is 4. The average Bonchev–Trinajstić information content (AvgIpc) is 2.70. The van der Waals surface area contributed by atoms with Crippen molar-refractivity contribution in [3.8, 4) is 0 Å². The number of benzene rings is 2. The fraction of sp³-hybridized carbons (Fsp3) is 0.176. The van der Waals surface area contributed by atoms with Crippen molar-refractivity contribution in [3.05, 3.63) is 58.7 Å². The van der Waals surface area contributed by atoms with Crippen LogP contribution >= 0.6 is 0 Å². The van der Waals surface area contributed by atoms with Gasteiger partial charge in [0.05, 0.1) is 22.7 Å². The van der Waals surface area contributed by atoms with Crippen LogP contribution < -0.4 is 10.0 Å². The lowest BCUT2D eigenvalue weighted by atomic mass is 10.1. The Hall–Kier alpha value is -2.51. The van der Waals surface area contributed by atoms with Gasteiger partial charge >= 0.3 is 0 Å². The second kappa shape index (κ2) is 5.54. The Morgan fingerprint density at radius 2 is 1.62 bits per heavy atom. The number of rotatable bonds is 3. The maximum Gasteiger partial charge on any atom is 0.299 e. The van der Waals surface area contributed by atoms with Crippen molar-refractivity contribution in [2.45, 2.75) is 25.3 Å². The molecule has 0 atom stereocenters. The molecular weight excluding hydrogens is 328 g/mol. The molecule has 2 aromatic carbocycles. The first-order valence-corrected chi connectivity index (χ1v) is 8.81. The van der Waals surface area contributed by atoms with Gasteiger partial charge in [-0.15, -0.1) is 0 Å². The lowest BCUT2D eigenvalue weighted by molar-refractivity contribution is -0.114. The Kier molecular flexibility index (Phi) is 3.77. The predicted molar refractivity (Wildman–Crippen MR) is 89.3 cm³/mol. The number of fused-ring (bicyclic) bond motifs is 1. The summed E-state index contributed by atoms with van der Waals surface area (Å²) in [6.07, 6.45) is 0. The molecule has 0 saturated carbocycles. The molecule has 2 aromatic rings. The molecule has 1 heterocycles. The number of amides is 1. The van der Waals surface area contributed by atoms with Crippen LogP contribution in [-0.2, 0) is 21.4 Å². The quantitative estimate of drug-likeness (QED) is 0.857. The smallest absolute Gasteiger partial charge is 0.299 e. The molecule has 6 nitrogen and oxygen atoms in total. The van der Waals surface area contributed by atoms with Gasteiger partial charge in [0.15, 0.2) is 0 Å². The summed E-state index contributed by atoms with van der Waals surface area (Å²) in [6.45, 7) is 4.16. The lowest BCUT2D eigenvalue weighted by Crippen LogP contribution is -2.29. The summed E-state index contributed by atoms with van der Waals surface area (Å²) in [4.78, 5) is 25.7. The number of carbonyl (C=O) groups excluding carboxylic acids is 2. The van der Waals surface area contributed by atoms with Crippen molar-refractivity contribution in [2.75, 3.05) is 4.90 Å². The highest BCUT2D eigenvalue weighted by Crippen LogP contribution is 2.32. The van der Waals surface area contributed by atoms with Gasteiger partial charge in [0.2, 0.25) is 10.0 Å². The highest BCUT2D eigenvalue weighted by atomic mass is 32.2. The Morgan fingerprint density at radius 1 is 1.00 bits per heavy atom. The number of nitrogens with two attached hydrogens (primary N) is 1. The minimum Gasteiger partial charge on any atom is -0.300 e. The zero-order valence-electron chi connectivity index (χ0n) is 13.2. The van der Waals surface area contributed by atoms with Crippen molar-refractivity contribution in [1.29, 1.82) is 0 Å². The Bertz CT molecular complexity index is 960. The van der Waals surface area contributed by atoms with E-state index in [0.29, 0.717) is 5.69 Å². The number of ketones is 1. The summed E-state index contributed by atoms with van der Waals surface area (Å²) in [5.41, 5.74) is 3.49. The average molecular weight is 344 g/mol. The van der Waals surface area contributed by atoms with Crippen molar-refractivity contribution in [1.82, 2.24) is 0 Å². The zero-order chi connectivity index (χ0) is 17.6. The Labute approximate surface area is 139 Å². The number of aryl methyl sites for hydroxylation is 2. The van der Waals surface area contributed by atoms with Gasteiger partial charge in [-0.1, -0.05) is 29.3 Å². The van der Waals surface area contributed by atoms with Gasteiger partial charge in [-0.25, -0.2) is 13.6 Å². The molecule has 2 N–H and O–H groups in total. The summed E-state index contributed by atoms with van der Waals surface area (Å²) in [5.74, 6) is -1.39. The van der Waals surface area contributed by atoms with Crippen molar-refractivity contribution in [3.63, 3.8) is 0 Å². The second-order valence-corrected chi connectivity index (χ2v) is 7.50. The van der Waals surface area contributed by atoms with E-state index in [9.17, 15) is 18.0 Å². The fourth-order valence-corrected chi connectivity index (χ4v) is 3.50. The van der Waals surface area contributed by atoms with Crippen LogP contribution in [0.1, 0.15) is 27.0 Å². The molecule has 3 rings (SSSR count). The number of carbonyl (C=O) groups is 2. The van der Waals surface area contributed by atoms with Crippen LogP contribution in [0.25, 0.3) is 0 Å². The molecule has 0 fully saturated rings. The van der Waals surface area contributed by atoms with Gasteiger partial charge in [0, 0.05) is 0 Å². The van der Waals surface area contributed by atoms with E-state index in [2.05, 4.69) is 0 Å². The van der Waals surface area contributed by atoms with E-state index >= 15 is 0 Å². The van der Waals surface area contributed by atoms with E-state index in [-0.39, 0.29) is 17.0 Å². The molecule has 0 aliphatic carbocycles. The van der Waals surface area contributed by atoms with Gasteiger partial charge in [0.25, 0.3) is 11.7 Å². The van der Waals surface area contributed by atoms with Gasteiger partial charge in [-0.05, 0) is 37.6 Å². The fourth-order valence-electron chi connectivity index (χ4n) is 2.96. The number of nitrogens with zero attached hydrogens (tertiary/aromatic N) is 1. The van der Waals surface area contributed by atoms with Crippen molar-refractivity contribution < 1.29 is 18.0 Å². The molecule has 1 aliphatic heterocycles. The SMILES string of the molecule is Cc1cc(C)cc(CN2C(=O)C(=O)c3cc(S(N)(=O)=O)ccc32)c1. The zero-order valence-corrected chi connectivity index (χ0v) is 14.1. The van der Waals surface area contributed by atoms with Crippen LogP contribution in [0, 0.1) is 13.8 Å². The maximum absolute atomic E-state index is 12.3. The first kappa shape index (κ1) is 16.4. The van der Waals surface area contributed by atoms with E-state index in [1.165, 1.54) is 17.0 Å². The highest BCUT2D eigenvalue weighted by Gasteiger charge is 2.36. The first-order chi connectivity index (χ1) is 11.2. The minimum atomic E-state index is -3.93. The molecule has 0 unspecified atom stereocenters. The molecule has 24 heavy (non-hydrogen) atoms. The number of Topliss-reactive ketones (excluding diaryl/α,β-unsaturated/α-hetero) is 1. The number of primary sulfonamides is 1. The maximum atomic E-state index is 12.3. The predicted octanol–water partition coefficient (Wildman–Crippen LogP) is 1.68. The molecule has 1 aliphatic rings. The van der Waals surface area contributed by atoms with E-state index in [4.69, 9.17) is 5.14 Å². The van der Waals surface area contributed by atoms with E-state index in [1.807, 2.05) is 32.0 Å². The third-order valence-electron chi connectivity index (χ3n) is 3.89. The molecule has 0 radical (unpaired) electrons. The van der Waals surface area contributed by atoms with Crippen LogP contribution in [0.5, 0.6) is 0 Å². The molecule has 0 spiro atoms. The normalized spacial score (nSPS) is 14.2. The Balaban J connectivity index is 2.03. The first-order valence-electron chi connectivity index (χ1n) is 7.27. The van der Waals surface area contributed by atoms with E-state index in [1.54, 1.807) is 0 Å². The summed E-state index contributed by atoms with van der Waals surface area (Å²) in [5, 5.41) is 5.08. The van der Waals surface area contributed by atoms with Crippen LogP contribution in [0.4, 0.5) is 5.69 Å². The van der Waals surface area contributed by atoms with Crippen LogP contribution in [-0.4, -0.2) is 20.1 Å². The van der Waals surface area contributed by atoms with Crippen LogP contribution in [0.2, 0.25) is 0 Å². The van der Waals surface area contributed by atoms with Gasteiger partial charge < -0.3 is 4.90 Å². The highest BCUT2D eigenvalue weighted by molar-refractivity contribution is 7.89. The molecule has 7 heteroatoms. The van der Waals surface area contributed by atoms with E-state index in [0.717, 1.165) is 22.8 Å². The van der Waals surface area contributed by atoms with Crippen LogP contribution in [0.15, 0.2) is 41.3 Å². The van der Waals surface area contributed by atoms with Gasteiger partial charge in [-0.2, -0.15) is 0 Å². The standard InChI is InChI=1S/C17H16N2O4S/c1-10-5-11(2)7-12(6-10)9-19-15-4-3-13(24(18,22)23)8-14(15)16(20)17(19)21/h3-8H,9H2,1-2H3,(H2,18,22,23).